The summed E-state index contributed by atoms with van der Waals surface area (Å²) >= 11 is 0. The molecule has 2 nitrogen and oxygen atoms in total. The van der Waals surface area contributed by atoms with Crippen molar-refractivity contribution >= 4 is 0 Å². The van der Waals surface area contributed by atoms with Gasteiger partial charge in [0.25, 0.3) is 0 Å². The molecule has 1 fully saturated rings. The predicted molar refractivity (Wildman–Crippen MR) is 69.7 cm³/mol. The van der Waals surface area contributed by atoms with Gasteiger partial charge in [0.15, 0.2) is 0 Å². The Morgan fingerprint density at radius 2 is 1.94 bits per heavy atom. The Morgan fingerprint density at radius 3 is 2.44 bits per heavy atom. The van der Waals surface area contributed by atoms with E-state index in [1.54, 1.807) is 0 Å². The van der Waals surface area contributed by atoms with Crippen molar-refractivity contribution in [2.24, 2.45) is 11.8 Å². The van der Waals surface area contributed by atoms with Crippen LogP contribution in [0, 0.1) is 11.8 Å². The summed E-state index contributed by atoms with van der Waals surface area (Å²) in [5, 5.41) is 3.36. The quantitative estimate of drug-likeness (QED) is 0.721. The van der Waals surface area contributed by atoms with Gasteiger partial charge in [-0.15, -0.1) is 0 Å². The molecule has 0 aromatic carbocycles. The summed E-state index contributed by atoms with van der Waals surface area (Å²) in [5.74, 6) is 1.81. The van der Waals surface area contributed by atoms with E-state index in [0.29, 0.717) is 0 Å². The van der Waals surface area contributed by atoms with Crippen LogP contribution in [0.15, 0.2) is 0 Å². The monoisotopic (exact) mass is 227 g/mol. The molecule has 0 radical (unpaired) electrons. The van der Waals surface area contributed by atoms with Gasteiger partial charge in [0.2, 0.25) is 0 Å². The Bertz CT molecular complexity index is 185. The van der Waals surface area contributed by atoms with Crippen molar-refractivity contribution < 1.29 is 4.74 Å². The normalized spacial score (nSPS) is 20.2. The summed E-state index contributed by atoms with van der Waals surface area (Å²) in [6.45, 7) is 5.56. The first-order valence-electron chi connectivity index (χ1n) is 6.79. The molecule has 1 saturated carbocycles. The van der Waals surface area contributed by atoms with Crippen molar-refractivity contribution in [3.8, 4) is 0 Å². The number of ether oxygens (including phenoxy) is 1. The van der Waals surface area contributed by atoms with Crippen LogP contribution < -0.4 is 5.32 Å². The van der Waals surface area contributed by atoms with E-state index in [4.69, 9.17) is 4.74 Å². The zero-order chi connectivity index (χ0) is 12.0. The minimum absolute atomic E-state index is 0.0462. The number of rotatable bonds is 7. The zero-order valence-corrected chi connectivity index (χ0v) is 11.5. The van der Waals surface area contributed by atoms with E-state index in [0.717, 1.165) is 11.8 Å². The van der Waals surface area contributed by atoms with Crippen molar-refractivity contribution in [2.75, 3.05) is 20.7 Å². The Labute approximate surface area is 101 Å². The van der Waals surface area contributed by atoms with Crippen LogP contribution in [0.25, 0.3) is 0 Å². The van der Waals surface area contributed by atoms with E-state index < -0.39 is 0 Å². The van der Waals surface area contributed by atoms with Gasteiger partial charge in [-0.25, -0.2) is 0 Å². The second-order valence-corrected chi connectivity index (χ2v) is 5.86. The molecule has 1 rings (SSSR count). The lowest BCUT2D eigenvalue weighted by Crippen LogP contribution is -2.29. The van der Waals surface area contributed by atoms with Gasteiger partial charge in [0, 0.05) is 7.11 Å². The SMILES string of the molecule is CNCC(CCC(C)(C)OC)C1CCCC1. The largest absolute Gasteiger partial charge is 0.379 e. The van der Waals surface area contributed by atoms with E-state index in [1.165, 1.54) is 45.1 Å². The molecule has 2 heteroatoms. The lowest BCUT2D eigenvalue weighted by atomic mass is 9.84. The van der Waals surface area contributed by atoms with Crippen LogP contribution in [0.4, 0.5) is 0 Å². The number of hydrogen-bond donors (Lipinski definition) is 1. The third-order valence-corrected chi connectivity index (χ3v) is 4.20. The van der Waals surface area contributed by atoms with Gasteiger partial charge in [0.1, 0.15) is 0 Å². The molecule has 1 unspecified atom stereocenters. The Hall–Kier alpha value is -0.0800. The van der Waals surface area contributed by atoms with E-state index in [2.05, 4.69) is 26.2 Å². The fraction of sp³-hybridized carbons (Fsp3) is 1.00. The molecule has 96 valence electrons. The van der Waals surface area contributed by atoms with Crippen LogP contribution in [0.5, 0.6) is 0 Å². The molecule has 0 aromatic heterocycles. The molecule has 1 N–H and O–H groups in total. The van der Waals surface area contributed by atoms with Crippen LogP contribution in [0.3, 0.4) is 0 Å². The molecule has 16 heavy (non-hydrogen) atoms. The molecule has 0 amide bonds. The first-order chi connectivity index (χ1) is 7.59. The Balaban J connectivity index is 2.38. The molecule has 1 aliphatic rings. The highest BCUT2D eigenvalue weighted by Gasteiger charge is 2.26. The van der Waals surface area contributed by atoms with Crippen molar-refractivity contribution in [2.45, 2.75) is 58.0 Å². The highest BCUT2D eigenvalue weighted by molar-refractivity contribution is 4.79. The van der Waals surface area contributed by atoms with Gasteiger partial charge >= 0.3 is 0 Å². The van der Waals surface area contributed by atoms with Crippen molar-refractivity contribution in [3.63, 3.8) is 0 Å². The van der Waals surface area contributed by atoms with Crippen LogP contribution >= 0.6 is 0 Å². The topological polar surface area (TPSA) is 21.3 Å². The average Bonchev–Trinajstić information content (AvgIpc) is 2.77. The van der Waals surface area contributed by atoms with Gasteiger partial charge in [0.05, 0.1) is 5.60 Å². The van der Waals surface area contributed by atoms with E-state index in [-0.39, 0.29) is 5.60 Å². The van der Waals surface area contributed by atoms with Crippen LogP contribution in [-0.4, -0.2) is 26.3 Å². The van der Waals surface area contributed by atoms with Gasteiger partial charge in [-0.2, -0.15) is 0 Å². The molecule has 0 aromatic rings. The molecule has 1 atom stereocenters. The van der Waals surface area contributed by atoms with Crippen LogP contribution in [-0.2, 0) is 4.74 Å². The zero-order valence-electron chi connectivity index (χ0n) is 11.5. The van der Waals surface area contributed by atoms with Crippen LogP contribution in [0.1, 0.15) is 52.4 Å². The molecule has 0 aliphatic heterocycles. The lowest BCUT2D eigenvalue weighted by Gasteiger charge is -2.28. The maximum Gasteiger partial charge on any atom is 0.0622 e. The standard InChI is InChI=1S/C14H29NO/c1-14(2,16-4)10-9-13(11-15-3)12-7-5-6-8-12/h12-13,15H,5-11H2,1-4H3. The molecule has 0 heterocycles. The third-order valence-electron chi connectivity index (χ3n) is 4.20. The summed E-state index contributed by atoms with van der Waals surface area (Å²) in [6, 6.07) is 0. The lowest BCUT2D eigenvalue weighted by molar-refractivity contribution is 0.00833. The van der Waals surface area contributed by atoms with Gasteiger partial charge in [-0.1, -0.05) is 25.7 Å². The fourth-order valence-electron chi connectivity index (χ4n) is 2.83. The second kappa shape index (κ2) is 6.61. The van der Waals surface area contributed by atoms with Gasteiger partial charge < -0.3 is 10.1 Å². The summed E-state index contributed by atoms with van der Waals surface area (Å²) in [4.78, 5) is 0. The van der Waals surface area contributed by atoms with Crippen molar-refractivity contribution in [3.05, 3.63) is 0 Å². The summed E-state index contributed by atoms with van der Waals surface area (Å²) in [6.07, 6.45) is 8.25. The molecular weight excluding hydrogens is 198 g/mol. The molecular formula is C14H29NO. The maximum absolute atomic E-state index is 5.51. The van der Waals surface area contributed by atoms with Gasteiger partial charge in [-0.05, 0) is 52.1 Å². The number of methoxy groups -OCH3 is 1. The predicted octanol–water partition coefficient (Wildman–Crippen LogP) is 3.22. The summed E-state index contributed by atoms with van der Waals surface area (Å²) in [5.41, 5.74) is 0.0462. The van der Waals surface area contributed by atoms with E-state index in [9.17, 15) is 0 Å². The molecule has 1 aliphatic carbocycles. The minimum atomic E-state index is 0.0462. The highest BCUT2D eigenvalue weighted by atomic mass is 16.5. The van der Waals surface area contributed by atoms with Crippen LogP contribution in [0.2, 0.25) is 0 Å². The van der Waals surface area contributed by atoms with Gasteiger partial charge in [-0.3, -0.25) is 0 Å². The first kappa shape index (κ1) is 14.0. The molecule has 0 saturated heterocycles. The van der Waals surface area contributed by atoms with Crippen molar-refractivity contribution in [1.82, 2.24) is 5.32 Å². The second-order valence-electron chi connectivity index (χ2n) is 5.86. The summed E-state index contributed by atoms with van der Waals surface area (Å²) in [7, 11) is 3.89. The maximum atomic E-state index is 5.51. The molecule has 0 bridgehead atoms. The summed E-state index contributed by atoms with van der Waals surface area (Å²) < 4.78 is 5.51. The smallest absolute Gasteiger partial charge is 0.0622 e. The fourth-order valence-corrected chi connectivity index (χ4v) is 2.83. The number of hydrogen-bond acceptors (Lipinski definition) is 2. The average molecular weight is 227 g/mol. The Morgan fingerprint density at radius 1 is 1.31 bits per heavy atom. The molecule has 0 spiro atoms. The van der Waals surface area contributed by atoms with Crippen molar-refractivity contribution in [1.29, 1.82) is 0 Å². The Kier molecular flexibility index (Phi) is 5.77. The highest BCUT2D eigenvalue weighted by Crippen LogP contribution is 2.34. The third kappa shape index (κ3) is 4.42. The first-order valence-corrected chi connectivity index (χ1v) is 6.79. The minimum Gasteiger partial charge on any atom is -0.379 e. The van der Waals surface area contributed by atoms with E-state index in [1.807, 2.05) is 7.11 Å². The number of nitrogens with one attached hydrogen (secondary N) is 1. The van der Waals surface area contributed by atoms with E-state index >= 15 is 0 Å².